The van der Waals surface area contributed by atoms with Crippen molar-refractivity contribution in [1.82, 2.24) is 5.32 Å². The van der Waals surface area contributed by atoms with E-state index >= 15 is 0 Å². The molecule has 0 atom stereocenters. The zero-order valence-corrected chi connectivity index (χ0v) is 12.9. The maximum atomic E-state index is 12.3. The quantitative estimate of drug-likeness (QED) is 0.940. The minimum atomic E-state index is -0.270. The molecule has 0 bridgehead atoms. The second-order valence-electron chi connectivity index (χ2n) is 5.34. The molecule has 5 heteroatoms. The van der Waals surface area contributed by atoms with Crippen LogP contribution in [0.4, 0.5) is 5.69 Å². The summed E-state index contributed by atoms with van der Waals surface area (Å²) >= 11 is 0. The Labute approximate surface area is 134 Å². The van der Waals surface area contributed by atoms with E-state index in [1.807, 2.05) is 24.3 Å². The summed E-state index contributed by atoms with van der Waals surface area (Å²) in [5.74, 6) is 0.316. The van der Waals surface area contributed by atoms with E-state index in [4.69, 9.17) is 4.74 Å². The molecule has 1 N–H and O–H groups in total. The molecule has 0 saturated carbocycles. The minimum Gasteiger partial charge on any atom is -0.497 e. The van der Waals surface area contributed by atoms with Gasteiger partial charge in [0.15, 0.2) is 0 Å². The molecule has 0 unspecified atom stereocenters. The van der Waals surface area contributed by atoms with Gasteiger partial charge in [0.25, 0.3) is 5.91 Å². The van der Waals surface area contributed by atoms with E-state index in [-0.39, 0.29) is 18.4 Å². The van der Waals surface area contributed by atoms with Crippen LogP contribution in [0.3, 0.4) is 0 Å². The Balaban J connectivity index is 1.60. The minimum absolute atomic E-state index is 0.0147. The van der Waals surface area contributed by atoms with Gasteiger partial charge in [-0.25, -0.2) is 0 Å². The molecule has 2 aromatic carbocycles. The highest BCUT2D eigenvalue weighted by Crippen LogP contribution is 2.27. The Morgan fingerprint density at radius 1 is 1.13 bits per heavy atom. The van der Waals surface area contributed by atoms with E-state index in [1.54, 1.807) is 36.3 Å². The Bertz CT molecular complexity index is 725. The molecule has 2 aromatic rings. The van der Waals surface area contributed by atoms with E-state index in [9.17, 15) is 9.59 Å². The van der Waals surface area contributed by atoms with Gasteiger partial charge in [0.05, 0.1) is 13.7 Å². The molecular weight excluding hydrogens is 292 g/mol. The van der Waals surface area contributed by atoms with Crippen molar-refractivity contribution >= 4 is 17.5 Å². The Kier molecular flexibility index (Phi) is 4.28. The topological polar surface area (TPSA) is 58.6 Å². The molecule has 23 heavy (non-hydrogen) atoms. The summed E-state index contributed by atoms with van der Waals surface area (Å²) in [6.07, 6.45) is 0.855. The van der Waals surface area contributed by atoms with E-state index in [2.05, 4.69) is 5.32 Å². The lowest BCUT2D eigenvalue weighted by atomic mass is 10.2. The van der Waals surface area contributed by atoms with Crippen molar-refractivity contribution in [3.8, 4) is 5.75 Å². The monoisotopic (exact) mass is 310 g/mol. The first-order valence-electron chi connectivity index (χ1n) is 7.49. The van der Waals surface area contributed by atoms with Gasteiger partial charge in [-0.2, -0.15) is 0 Å². The van der Waals surface area contributed by atoms with Gasteiger partial charge in [0, 0.05) is 17.8 Å². The first-order chi connectivity index (χ1) is 11.2. The summed E-state index contributed by atoms with van der Waals surface area (Å²) in [7, 11) is 1.57. The van der Waals surface area contributed by atoms with Crippen molar-refractivity contribution in [1.29, 1.82) is 0 Å². The number of anilines is 1. The first-order valence-corrected chi connectivity index (χ1v) is 7.49. The molecule has 1 heterocycles. The van der Waals surface area contributed by atoms with Gasteiger partial charge in [-0.15, -0.1) is 0 Å². The maximum Gasteiger partial charge on any atom is 0.251 e. The van der Waals surface area contributed by atoms with E-state index in [0.29, 0.717) is 17.9 Å². The van der Waals surface area contributed by atoms with Crippen LogP contribution in [-0.4, -0.2) is 32.0 Å². The molecule has 0 fully saturated rings. The van der Waals surface area contributed by atoms with Crippen molar-refractivity contribution in [2.75, 3.05) is 25.1 Å². The van der Waals surface area contributed by atoms with Crippen LogP contribution in [0.25, 0.3) is 0 Å². The number of ether oxygens (including phenoxy) is 1. The number of hydrogen-bond donors (Lipinski definition) is 1. The lowest BCUT2D eigenvalue weighted by Gasteiger charge is -2.17. The summed E-state index contributed by atoms with van der Waals surface area (Å²) < 4.78 is 5.06. The van der Waals surface area contributed by atoms with Crippen molar-refractivity contribution in [2.24, 2.45) is 0 Å². The van der Waals surface area contributed by atoms with Gasteiger partial charge < -0.3 is 15.0 Å². The van der Waals surface area contributed by atoms with Crippen LogP contribution in [0.2, 0.25) is 0 Å². The predicted octanol–water partition coefficient (Wildman–Crippen LogP) is 2.01. The van der Waals surface area contributed by atoms with Crippen LogP contribution < -0.4 is 15.0 Å². The number of benzene rings is 2. The largest absolute Gasteiger partial charge is 0.497 e. The fourth-order valence-corrected chi connectivity index (χ4v) is 2.69. The second-order valence-corrected chi connectivity index (χ2v) is 5.34. The number of carbonyl (C=O) groups excluding carboxylic acids is 2. The number of rotatable bonds is 4. The molecule has 3 rings (SSSR count). The summed E-state index contributed by atoms with van der Waals surface area (Å²) in [4.78, 5) is 26.1. The normalized spacial score (nSPS) is 12.7. The van der Waals surface area contributed by atoms with Crippen LogP contribution in [0.15, 0.2) is 48.5 Å². The van der Waals surface area contributed by atoms with Gasteiger partial charge in [-0.1, -0.05) is 18.2 Å². The van der Waals surface area contributed by atoms with Gasteiger partial charge in [-0.05, 0) is 42.3 Å². The Morgan fingerprint density at radius 3 is 2.61 bits per heavy atom. The van der Waals surface area contributed by atoms with Crippen LogP contribution in [0.5, 0.6) is 5.75 Å². The zero-order chi connectivity index (χ0) is 16.2. The molecule has 5 nitrogen and oxygen atoms in total. The molecule has 0 aliphatic carbocycles. The number of carbonyl (C=O) groups is 2. The maximum absolute atomic E-state index is 12.3. The van der Waals surface area contributed by atoms with Gasteiger partial charge >= 0.3 is 0 Å². The lowest BCUT2D eigenvalue weighted by Crippen LogP contribution is -2.39. The molecule has 2 amide bonds. The third-order valence-electron chi connectivity index (χ3n) is 3.94. The molecular formula is C18H18N2O3. The number of para-hydroxylation sites is 1. The van der Waals surface area contributed by atoms with Crippen molar-refractivity contribution in [2.45, 2.75) is 6.42 Å². The third kappa shape index (κ3) is 3.18. The average Bonchev–Trinajstić information content (AvgIpc) is 3.03. The van der Waals surface area contributed by atoms with Crippen LogP contribution in [0.1, 0.15) is 15.9 Å². The van der Waals surface area contributed by atoms with E-state index in [1.165, 1.54) is 5.56 Å². The highest BCUT2D eigenvalue weighted by Gasteiger charge is 2.24. The fraction of sp³-hybridized carbons (Fsp3) is 0.222. The standard InChI is InChI=1S/C18H18N2O3/c1-23-15-8-6-14(7-9-15)18(22)19-12-17(21)20-11-10-13-4-2-3-5-16(13)20/h2-9H,10-12H2,1H3,(H,19,22). The van der Waals surface area contributed by atoms with Crippen molar-refractivity contribution in [3.63, 3.8) is 0 Å². The van der Waals surface area contributed by atoms with Gasteiger partial charge in [-0.3, -0.25) is 9.59 Å². The van der Waals surface area contributed by atoms with Crippen molar-refractivity contribution in [3.05, 3.63) is 59.7 Å². The number of nitrogens with one attached hydrogen (secondary N) is 1. The Hall–Kier alpha value is -2.82. The third-order valence-corrected chi connectivity index (χ3v) is 3.94. The first kappa shape index (κ1) is 15.1. The average molecular weight is 310 g/mol. The van der Waals surface area contributed by atoms with Crippen LogP contribution in [0, 0.1) is 0 Å². The predicted molar refractivity (Wildman–Crippen MR) is 87.8 cm³/mol. The molecule has 0 aromatic heterocycles. The lowest BCUT2D eigenvalue weighted by molar-refractivity contribution is -0.117. The number of amides is 2. The fourth-order valence-electron chi connectivity index (χ4n) is 2.69. The summed E-state index contributed by atoms with van der Waals surface area (Å²) in [5, 5.41) is 2.67. The number of methoxy groups -OCH3 is 1. The molecule has 118 valence electrons. The summed E-state index contributed by atoms with van der Waals surface area (Å²) in [6, 6.07) is 14.6. The summed E-state index contributed by atoms with van der Waals surface area (Å²) in [6.45, 7) is 0.649. The summed E-state index contributed by atoms with van der Waals surface area (Å²) in [5.41, 5.74) is 2.61. The highest BCUT2D eigenvalue weighted by atomic mass is 16.5. The highest BCUT2D eigenvalue weighted by molar-refractivity contribution is 6.01. The van der Waals surface area contributed by atoms with Crippen LogP contribution in [-0.2, 0) is 11.2 Å². The molecule has 1 aliphatic rings. The van der Waals surface area contributed by atoms with E-state index in [0.717, 1.165) is 12.1 Å². The van der Waals surface area contributed by atoms with Crippen molar-refractivity contribution < 1.29 is 14.3 Å². The van der Waals surface area contributed by atoms with E-state index < -0.39 is 0 Å². The second kappa shape index (κ2) is 6.52. The van der Waals surface area contributed by atoms with Crippen LogP contribution >= 0.6 is 0 Å². The molecule has 1 aliphatic heterocycles. The number of hydrogen-bond acceptors (Lipinski definition) is 3. The van der Waals surface area contributed by atoms with Gasteiger partial charge in [0.2, 0.25) is 5.91 Å². The number of fused-ring (bicyclic) bond motifs is 1. The smallest absolute Gasteiger partial charge is 0.251 e. The molecule has 0 spiro atoms. The molecule has 0 saturated heterocycles. The SMILES string of the molecule is COc1ccc(C(=O)NCC(=O)N2CCc3ccccc32)cc1. The Morgan fingerprint density at radius 2 is 1.87 bits per heavy atom. The number of nitrogens with zero attached hydrogens (tertiary/aromatic N) is 1. The zero-order valence-electron chi connectivity index (χ0n) is 12.9. The molecule has 0 radical (unpaired) electrons. The van der Waals surface area contributed by atoms with Gasteiger partial charge in [0.1, 0.15) is 5.75 Å².